The molecule has 1 aliphatic carbocycles. The summed E-state index contributed by atoms with van der Waals surface area (Å²) in [5, 5.41) is 2.29. The van der Waals surface area contributed by atoms with Crippen molar-refractivity contribution < 1.29 is 4.84 Å². The third-order valence-electron chi connectivity index (χ3n) is 5.95. The SMILES string of the molecule is CC(C)N1OC(C)(C)[C@@H]2C[C@](C)(c3ccccc3)C[C@H](C)[C@H]21. The smallest absolute Gasteiger partial charge is 0.0888 e. The van der Waals surface area contributed by atoms with Crippen molar-refractivity contribution >= 4 is 0 Å². The van der Waals surface area contributed by atoms with Crippen LogP contribution in [-0.4, -0.2) is 22.7 Å². The van der Waals surface area contributed by atoms with E-state index in [9.17, 15) is 0 Å². The van der Waals surface area contributed by atoms with Crippen LogP contribution >= 0.6 is 0 Å². The van der Waals surface area contributed by atoms with Crippen LogP contribution in [0.15, 0.2) is 30.3 Å². The highest BCUT2D eigenvalue weighted by Crippen LogP contribution is 2.53. The van der Waals surface area contributed by atoms with Crippen LogP contribution < -0.4 is 0 Å². The Bertz CT molecular complexity index is 524. The Labute approximate surface area is 135 Å². The highest BCUT2D eigenvalue weighted by atomic mass is 16.7. The topological polar surface area (TPSA) is 12.5 Å². The largest absolute Gasteiger partial charge is 0.292 e. The molecule has 3 rings (SSSR count). The second kappa shape index (κ2) is 5.35. The maximum Gasteiger partial charge on any atom is 0.0888 e. The van der Waals surface area contributed by atoms with Gasteiger partial charge in [0.25, 0.3) is 0 Å². The van der Waals surface area contributed by atoms with Crippen LogP contribution in [0.3, 0.4) is 0 Å². The van der Waals surface area contributed by atoms with Crippen LogP contribution in [0.25, 0.3) is 0 Å². The fourth-order valence-corrected chi connectivity index (χ4v) is 4.93. The van der Waals surface area contributed by atoms with Crippen LogP contribution in [0.5, 0.6) is 0 Å². The fourth-order valence-electron chi connectivity index (χ4n) is 4.93. The molecule has 2 heteroatoms. The number of hydroxylamine groups is 2. The van der Waals surface area contributed by atoms with Crippen LogP contribution in [-0.2, 0) is 10.3 Å². The van der Waals surface area contributed by atoms with Gasteiger partial charge >= 0.3 is 0 Å². The van der Waals surface area contributed by atoms with Crippen molar-refractivity contribution in [1.82, 2.24) is 5.06 Å². The molecule has 1 aromatic rings. The molecular weight excluding hydrogens is 270 g/mol. The molecule has 1 saturated heterocycles. The molecule has 2 aliphatic rings. The van der Waals surface area contributed by atoms with Gasteiger partial charge in [-0.05, 0) is 57.4 Å². The predicted octanol–water partition coefficient (Wildman–Crippen LogP) is 4.79. The summed E-state index contributed by atoms with van der Waals surface area (Å²) in [6, 6.07) is 12.1. The summed E-state index contributed by atoms with van der Waals surface area (Å²) in [5.74, 6) is 1.23. The van der Waals surface area contributed by atoms with E-state index in [0.717, 1.165) is 0 Å². The lowest BCUT2D eigenvalue weighted by Gasteiger charge is -2.47. The van der Waals surface area contributed by atoms with E-state index in [4.69, 9.17) is 4.84 Å². The molecule has 0 radical (unpaired) electrons. The monoisotopic (exact) mass is 301 g/mol. The zero-order valence-corrected chi connectivity index (χ0v) is 15.0. The normalized spacial score (nSPS) is 38.2. The molecule has 0 spiro atoms. The Kier molecular flexibility index (Phi) is 3.89. The maximum atomic E-state index is 6.39. The Morgan fingerprint density at radius 2 is 1.73 bits per heavy atom. The van der Waals surface area contributed by atoms with Crippen LogP contribution in [0, 0.1) is 11.8 Å². The van der Waals surface area contributed by atoms with E-state index in [1.165, 1.54) is 18.4 Å². The minimum atomic E-state index is -0.0698. The fraction of sp³-hybridized carbons (Fsp3) is 0.700. The number of hydrogen-bond acceptors (Lipinski definition) is 2. The molecule has 0 N–H and O–H groups in total. The van der Waals surface area contributed by atoms with Gasteiger partial charge in [-0.3, -0.25) is 4.84 Å². The highest BCUT2D eigenvalue weighted by Gasteiger charge is 2.56. The summed E-state index contributed by atoms with van der Waals surface area (Å²) in [5.41, 5.74) is 1.67. The lowest BCUT2D eigenvalue weighted by Crippen LogP contribution is -2.50. The van der Waals surface area contributed by atoms with Crippen LogP contribution in [0.1, 0.15) is 59.9 Å². The van der Waals surface area contributed by atoms with Crippen molar-refractivity contribution in [3.05, 3.63) is 35.9 Å². The summed E-state index contributed by atoms with van der Waals surface area (Å²) in [7, 11) is 0. The minimum Gasteiger partial charge on any atom is -0.292 e. The maximum absolute atomic E-state index is 6.39. The molecule has 0 aromatic heterocycles. The third kappa shape index (κ3) is 2.51. The average Bonchev–Trinajstić information content (AvgIpc) is 2.72. The molecule has 0 amide bonds. The summed E-state index contributed by atoms with van der Waals surface area (Å²) in [6.45, 7) is 13.9. The van der Waals surface area contributed by atoms with E-state index >= 15 is 0 Å². The molecule has 22 heavy (non-hydrogen) atoms. The number of hydrogen-bond donors (Lipinski definition) is 0. The number of benzene rings is 1. The Morgan fingerprint density at radius 1 is 1.09 bits per heavy atom. The van der Waals surface area contributed by atoms with Gasteiger partial charge in [-0.25, -0.2) is 0 Å². The first-order valence-corrected chi connectivity index (χ1v) is 8.77. The molecule has 0 bridgehead atoms. The van der Waals surface area contributed by atoms with Gasteiger partial charge in [0.05, 0.1) is 5.60 Å². The van der Waals surface area contributed by atoms with E-state index < -0.39 is 0 Å². The molecular formula is C20H31NO. The van der Waals surface area contributed by atoms with Gasteiger partial charge in [0.2, 0.25) is 0 Å². The predicted molar refractivity (Wildman–Crippen MR) is 91.6 cm³/mol. The first-order valence-electron chi connectivity index (χ1n) is 8.77. The van der Waals surface area contributed by atoms with E-state index in [1.54, 1.807) is 0 Å². The quantitative estimate of drug-likeness (QED) is 0.778. The van der Waals surface area contributed by atoms with Gasteiger partial charge in [-0.2, -0.15) is 5.06 Å². The summed E-state index contributed by atoms with van der Waals surface area (Å²) < 4.78 is 0. The lowest BCUT2D eigenvalue weighted by atomic mass is 9.59. The van der Waals surface area contributed by atoms with E-state index in [0.29, 0.717) is 23.9 Å². The summed E-state index contributed by atoms with van der Waals surface area (Å²) >= 11 is 0. The van der Waals surface area contributed by atoms with Crippen LogP contribution in [0.2, 0.25) is 0 Å². The first kappa shape index (κ1) is 16.0. The van der Waals surface area contributed by atoms with Gasteiger partial charge in [0.15, 0.2) is 0 Å². The molecule has 1 aromatic carbocycles. The molecule has 2 fully saturated rings. The van der Waals surface area contributed by atoms with Crippen molar-refractivity contribution in [2.75, 3.05) is 0 Å². The van der Waals surface area contributed by atoms with Gasteiger partial charge in [-0.1, -0.05) is 44.2 Å². The van der Waals surface area contributed by atoms with Crippen molar-refractivity contribution in [2.45, 2.75) is 77.5 Å². The summed E-state index contributed by atoms with van der Waals surface area (Å²) in [6.07, 6.45) is 2.45. The van der Waals surface area contributed by atoms with Gasteiger partial charge < -0.3 is 0 Å². The van der Waals surface area contributed by atoms with Crippen molar-refractivity contribution in [1.29, 1.82) is 0 Å². The zero-order chi connectivity index (χ0) is 16.1. The van der Waals surface area contributed by atoms with E-state index in [2.05, 4.69) is 76.9 Å². The second-order valence-electron chi connectivity index (χ2n) is 8.56. The van der Waals surface area contributed by atoms with Gasteiger partial charge in [0.1, 0.15) is 0 Å². The van der Waals surface area contributed by atoms with Crippen LogP contribution in [0.4, 0.5) is 0 Å². The number of nitrogens with zero attached hydrogens (tertiary/aromatic N) is 1. The summed E-state index contributed by atoms with van der Waals surface area (Å²) in [4.78, 5) is 6.39. The Balaban J connectivity index is 1.95. The molecule has 1 heterocycles. The van der Waals surface area contributed by atoms with Crippen molar-refractivity contribution in [3.8, 4) is 0 Å². The second-order valence-corrected chi connectivity index (χ2v) is 8.56. The molecule has 122 valence electrons. The highest BCUT2D eigenvalue weighted by molar-refractivity contribution is 5.27. The standard InChI is InChI=1S/C20H31NO/c1-14(2)21-18-15(3)12-20(6,16-10-8-7-9-11-16)13-17(18)19(4,5)22-21/h7-11,14-15,17-18H,12-13H2,1-6H3/t15-,17+,18+,20+/m0/s1. The van der Waals surface area contributed by atoms with Crippen molar-refractivity contribution in [2.24, 2.45) is 11.8 Å². The lowest BCUT2D eigenvalue weighted by molar-refractivity contribution is -0.215. The molecule has 4 atom stereocenters. The van der Waals surface area contributed by atoms with E-state index in [1.807, 2.05) is 0 Å². The molecule has 1 aliphatic heterocycles. The first-order chi connectivity index (χ1) is 10.2. The zero-order valence-electron chi connectivity index (χ0n) is 15.0. The molecule has 0 unspecified atom stereocenters. The molecule has 1 saturated carbocycles. The van der Waals surface area contributed by atoms with E-state index in [-0.39, 0.29) is 11.0 Å². The Morgan fingerprint density at radius 3 is 2.32 bits per heavy atom. The number of fused-ring (bicyclic) bond motifs is 1. The average molecular weight is 301 g/mol. The van der Waals surface area contributed by atoms with Crippen molar-refractivity contribution in [3.63, 3.8) is 0 Å². The Hall–Kier alpha value is -0.860. The minimum absolute atomic E-state index is 0.0698. The number of rotatable bonds is 2. The molecule has 2 nitrogen and oxygen atoms in total. The third-order valence-corrected chi connectivity index (χ3v) is 5.95. The van der Waals surface area contributed by atoms with Gasteiger partial charge in [0, 0.05) is 18.0 Å². The van der Waals surface area contributed by atoms with Gasteiger partial charge in [-0.15, -0.1) is 0 Å².